The van der Waals surface area contributed by atoms with E-state index in [1.807, 2.05) is 30.3 Å². The van der Waals surface area contributed by atoms with Crippen LogP contribution in [-0.4, -0.2) is 15.1 Å². The lowest BCUT2D eigenvalue weighted by Gasteiger charge is -2.04. The molecule has 3 rings (SSSR count). The standard InChI is InChI=1S/C23H19NO5/c25-22(19-11-13-21(14-12-19)24(27)28)15-8-17-6-9-20(10-7-17)23(26)29-16-18-4-2-1-3-5-18/h1-15,25-26H,16H2. The summed E-state index contributed by atoms with van der Waals surface area (Å²) < 4.78 is 5.40. The predicted octanol–water partition coefficient (Wildman–Crippen LogP) is 3.81. The van der Waals surface area contributed by atoms with Gasteiger partial charge in [-0.1, -0.05) is 48.5 Å². The predicted molar refractivity (Wildman–Crippen MR) is 111 cm³/mol. The van der Waals surface area contributed by atoms with Crippen LogP contribution in [0, 0.1) is 10.1 Å². The van der Waals surface area contributed by atoms with E-state index in [2.05, 4.69) is 0 Å². The van der Waals surface area contributed by atoms with Crippen LogP contribution in [0.25, 0.3) is 17.8 Å². The lowest BCUT2D eigenvalue weighted by molar-refractivity contribution is -0.384. The van der Waals surface area contributed by atoms with Crippen molar-refractivity contribution in [2.24, 2.45) is 0 Å². The van der Waals surface area contributed by atoms with Crippen LogP contribution < -0.4 is 10.4 Å². The van der Waals surface area contributed by atoms with Crippen LogP contribution in [0.5, 0.6) is 0 Å². The minimum atomic E-state index is -0.492. The number of hydrogen-bond donors (Lipinski definition) is 2. The molecule has 3 aromatic rings. The van der Waals surface area contributed by atoms with Gasteiger partial charge in [-0.2, -0.15) is 0 Å². The summed E-state index contributed by atoms with van der Waals surface area (Å²) >= 11 is 0. The fourth-order valence-corrected chi connectivity index (χ4v) is 2.57. The highest BCUT2D eigenvalue weighted by molar-refractivity contribution is 5.65. The van der Waals surface area contributed by atoms with E-state index in [1.54, 1.807) is 30.3 Å². The Labute approximate surface area is 167 Å². The zero-order chi connectivity index (χ0) is 20.6. The van der Waals surface area contributed by atoms with E-state index in [4.69, 9.17) is 4.74 Å². The maximum absolute atomic E-state index is 10.7. The van der Waals surface area contributed by atoms with Crippen molar-refractivity contribution in [1.82, 2.24) is 0 Å². The summed E-state index contributed by atoms with van der Waals surface area (Å²) in [6, 6.07) is 22.2. The second-order valence-corrected chi connectivity index (χ2v) is 6.22. The van der Waals surface area contributed by atoms with Crippen LogP contribution in [0.4, 0.5) is 5.69 Å². The number of rotatable bonds is 6. The van der Waals surface area contributed by atoms with E-state index in [9.17, 15) is 20.3 Å². The van der Waals surface area contributed by atoms with Crippen LogP contribution >= 0.6 is 0 Å². The van der Waals surface area contributed by atoms with Gasteiger partial charge in [-0.3, -0.25) is 10.1 Å². The maximum Gasteiger partial charge on any atom is 0.284 e. The smallest absolute Gasteiger partial charge is 0.284 e. The minimum Gasteiger partial charge on any atom is -0.507 e. The molecule has 0 aliphatic carbocycles. The fourth-order valence-electron chi connectivity index (χ4n) is 2.57. The molecule has 2 N–H and O–H groups in total. The number of aliphatic hydroxyl groups excluding tert-OH is 2. The van der Waals surface area contributed by atoms with E-state index in [0.29, 0.717) is 10.8 Å². The quantitative estimate of drug-likeness (QED) is 0.380. The molecule has 0 aliphatic rings. The molecular weight excluding hydrogens is 370 g/mol. The zero-order valence-corrected chi connectivity index (χ0v) is 15.4. The third-order valence-corrected chi connectivity index (χ3v) is 4.18. The highest BCUT2D eigenvalue weighted by Crippen LogP contribution is 2.16. The van der Waals surface area contributed by atoms with Gasteiger partial charge in [-0.25, -0.2) is 0 Å². The van der Waals surface area contributed by atoms with Gasteiger partial charge in [0.2, 0.25) is 0 Å². The Bertz CT molecular complexity index is 1110. The second-order valence-electron chi connectivity index (χ2n) is 6.22. The van der Waals surface area contributed by atoms with Crippen LogP contribution in [0.3, 0.4) is 0 Å². The van der Waals surface area contributed by atoms with Gasteiger partial charge in [0.1, 0.15) is 12.4 Å². The summed E-state index contributed by atoms with van der Waals surface area (Å²) in [5.74, 6) is -0.172. The number of nitrogens with zero attached hydrogens (tertiary/aromatic N) is 1. The molecule has 6 nitrogen and oxygen atoms in total. The normalized spacial score (nSPS) is 11.0. The van der Waals surface area contributed by atoms with Crippen LogP contribution in [0.2, 0.25) is 0 Å². The summed E-state index contributed by atoms with van der Waals surface area (Å²) in [6.07, 6.45) is 3.20. The van der Waals surface area contributed by atoms with Gasteiger partial charge in [0.05, 0.1) is 10.1 Å². The molecule has 0 fully saturated rings. The summed E-state index contributed by atoms with van der Waals surface area (Å²) in [5.41, 5.74) is 1.39. The number of aliphatic hydroxyl groups is 2. The van der Waals surface area contributed by atoms with E-state index >= 15 is 0 Å². The van der Waals surface area contributed by atoms with E-state index < -0.39 is 4.92 Å². The molecule has 0 spiro atoms. The molecule has 0 unspecified atom stereocenters. The summed E-state index contributed by atoms with van der Waals surface area (Å²) in [7, 11) is 0. The van der Waals surface area contributed by atoms with Crippen molar-refractivity contribution < 1.29 is 19.9 Å². The van der Waals surface area contributed by atoms with E-state index in [-0.39, 0.29) is 24.0 Å². The monoisotopic (exact) mass is 389 g/mol. The summed E-state index contributed by atoms with van der Waals surface area (Å²) in [4.78, 5) is 10.2. The number of nitro groups is 1. The lowest BCUT2D eigenvalue weighted by Crippen LogP contribution is -2.12. The average molecular weight is 389 g/mol. The van der Waals surface area contributed by atoms with Crippen LogP contribution in [0.1, 0.15) is 11.1 Å². The van der Waals surface area contributed by atoms with Crippen molar-refractivity contribution in [3.8, 4) is 0 Å². The van der Waals surface area contributed by atoms with Gasteiger partial charge in [-0.05, 0) is 41.1 Å². The molecule has 0 aliphatic heterocycles. The number of hydrogen-bond acceptors (Lipinski definition) is 5. The lowest BCUT2D eigenvalue weighted by atomic mass is 10.1. The Morgan fingerprint density at radius 2 is 1.59 bits per heavy atom. The highest BCUT2D eigenvalue weighted by atomic mass is 16.6. The molecule has 146 valence electrons. The van der Waals surface area contributed by atoms with E-state index in [1.165, 1.54) is 30.3 Å². The molecule has 0 aromatic heterocycles. The summed E-state index contributed by atoms with van der Waals surface area (Å²) in [5, 5.41) is 32.2. The Morgan fingerprint density at radius 3 is 2.21 bits per heavy atom. The third-order valence-electron chi connectivity index (χ3n) is 4.18. The minimum absolute atomic E-state index is 0.00965. The Balaban J connectivity index is 1.72. The first kappa shape index (κ1) is 19.7. The van der Waals surface area contributed by atoms with Crippen molar-refractivity contribution in [3.05, 3.63) is 117 Å². The zero-order valence-electron chi connectivity index (χ0n) is 15.4. The maximum atomic E-state index is 10.7. The van der Waals surface area contributed by atoms with Gasteiger partial charge in [0.15, 0.2) is 0 Å². The molecule has 0 atom stereocenters. The molecular formula is C23H19NO5. The van der Waals surface area contributed by atoms with Gasteiger partial charge < -0.3 is 14.9 Å². The Morgan fingerprint density at radius 1 is 0.931 bits per heavy atom. The molecule has 0 heterocycles. The van der Waals surface area contributed by atoms with Crippen molar-refractivity contribution in [2.75, 3.05) is 0 Å². The number of ether oxygens (including phenoxy) is 1. The Kier molecular flexibility index (Phi) is 6.27. The first-order valence-electron chi connectivity index (χ1n) is 8.85. The molecule has 0 radical (unpaired) electrons. The first-order chi connectivity index (χ1) is 14.0. The topological polar surface area (TPSA) is 92.8 Å². The molecule has 3 aromatic carbocycles. The molecule has 29 heavy (non-hydrogen) atoms. The summed E-state index contributed by atoms with van der Waals surface area (Å²) in [6.45, 7) is 0.270. The van der Waals surface area contributed by atoms with Crippen LogP contribution in [0.15, 0.2) is 84.9 Å². The molecule has 0 saturated carbocycles. The molecule has 6 heteroatoms. The van der Waals surface area contributed by atoms with Crippen molar-refractivity contribution in [3.63, 3.8) is 0 Å². The third kappa shape index (κ3) is 5.46. The van der Waals surface area contributed by atoms with Crippen molar-refractivity contribution >= 4 is 23.5 Å². The number of allylic oxidation sites excluding steroid dienone is 1. The van der Waals surface area contributed by atoms with Crippen molar-refractivity contribution in [1.29, 1.82) is 0 Å². The number of benzene rings is 3. The average Bonchev–Trinajstić information content (AvgIpc) is 2.77. The number of non-ortho nitro benzene ring substituents is 1. The number of nitro benzene ring substituents is 1. The van der Waals surface area contributed by atoms with Gasteiger partial charge >= 0.3 is 0 Å². The molecule has 0 bridgehead atoms. The first-order valence-corrected chi connectivity index (χ1v) is 8.85. The molecule has 0 amide bonds. The van der Waals surface area contributed by atoms with Crippen LogP contribution in [-0.2, 0) is 11.3 Å². The fraction of sp³-hybridized carbons (Fsp3) is 0.0435. The van der Waals surface area contributed by atoms with Gasteiger partial charge in [-0.15, -0.1) is 0 Å². The SMILES string of the molecule is O=[N+]([O-])c1ccc(C(O)=CC=c2ccc(=C(O)OCc3ccccc3)cc2)cc1. The highest BCUT2D eigenvalue weighted by Gasteiger charge is 2.05. The van der Waals surface area contributed by atoms with E-state index in [0.717, 1.165) is 10.8 Å². The van der Waals surface area contributed by atoms with Crippen molar-refractivity contribution in [2.45, 2.75) is 6.61 Å². The van der Waals surface area contributed by atoms with Gasteiger partial charge in [0.25, 0.3) is 11.6 Å². The molecule has 0 saturated heterocycles. The second kappa shape index (κ2) is 9.23. The van der Waals surface area contributed by atoms with Gasteiger partial charge in [0, 0.05) is 17.7 Å². The largest absolute Gasteiger partial charge is 0.507 e. The Hall–Kier alpha value is -4.06.